The van der Waals surface area contributed by atoms with Crippen LogP contribution < -0.4 is 5.56 Å². The molecule has 1 N–H and O–H groups in total. The van der Waals surface area contributed by atoms with Crippen molar-refractivity contribution in [3.8, 4) is 0 Å². The average molecular weight is 278 g/mol. The lowest BCUT2D eigenvalue weighted by Gasteiger charge is -2.07. The van der Waals surface area contributed by atoms with Gasteiger partial charge in [-0.05, 0) is 36.3 Å². The van der Waals surface area contributed by atoms with Gasteiger partial charge in [0.25, 0.3) is 5.56 Å². The van der Waals surface area contributed by atoms with Crippen molar-refractivity contribution in [1.29, 1.82) is 0 Å². The van der Waals surface area contributed by atoms with Gasteiger partial charge >= 0.3 is 0 Å². The number of hydrogen-bond donors (Lipinski definition) is 1. The van der Waals surface area contributed by atoms with Gasteiger partial charge in [-0.2, -0.15) is 11.8 Å². The van der Waals surface area contributed by atoms with Crippen LogP contribution in [-0.2, 0) is 5.75 Å². The zero-order valence-electron chi connectivity index (χ0n) is 11.2. The highest BCUT2D eigenvalue weighted by atomic mass is 32.2. The van der Waals surface area contributed by atoms with Crippen molar-refractivity contribution in [2.24, 2.45) is 5.92 Å². The summed E-state index contributed by atoms with van der Waals surface area (Å²) in [6.45, 7) is 4.18. The molecule has 0 aliphatic rings. The van der Waals surface area contributed by atoms with Crippen LogP contribution in [0.5, 0.6) is 0 Å². The van der Waals surface area contributed by atoms with E-state index < -0.39 is 0 Å². The number of pyridine rings is 1. The monoisotopic (exact) mass is 278 g/mol. The Morgan fingerprint density at radius 3 is 3.00 bits per heavy atom. The molecule has 2 rings (SSSR count). The summed E-state index contributed by atoms with van der Waals surface area (Å²) in [5.41, 5.74) is 2.53. The third-order valence-corrected chi connectivity index (χ3v) is 4.14. The van der Waals surface area contributed by atoms with Gasteiger partial charge in [0.05, 0.1) is 5.69 Å². The molecule has 0 fully saturated rings. The van der Waals surface area contributed by atoms with Crippen LogP contribution in [0.3, 0.4) is 0 Å². The lowest BCUT2D eigenvalue weighted by molar-refractivity contribution is 0.250. The van der Waals surface area contributed by atoms with Crippen LogP contribution in [0.1, 0.15) is 18.2 Å². The third kappa shape index (κ3) is 3.58. The van der Waals surface area contributed by atoms with Gasteiger partial charge in [-0.15, -0.1) is 0 Å². The number of aliphatic hydroxyl groups is 1. The van der Waals surface area contributed by atoms with Gasteiger partial charge in [-0.1, -0.05) is 6.92 Å². The van der Waals surface area contributed by atoms with Crippen LogP contribution in [0.25, 0.3) is 5.65 Å². The van der Waals surface area contributed by atoms with Crippen LogP contribution in [0.4, 0.5) is 0 Å². The topological polar surface area (TPSA) is 54.6 Å². The smallest absolute Gasteiger partial charge is 0.258 e. The lowest BCUT2D eigenvalue weighted by atomic mass is 10.2. The second-order valence-corrected chi connectivity index (χ2v) is 5.85. The lowest BCUT2D eigenvalue weighted by Crippen LogP contribution is -2.15. The van der Waals surface area contributed by atoms with Gasteiger partial charge in [-0.25, -0.2) is 4.98 Å². The molecule has 5 heteroatoms. The van der Waals surface area contributed by atoms with E-state index in [-0.39, 0.29) is 18.1 Å². The molecule has 0 aliphatic heterocycles. The summed E-state index contributed by atoms with van der Waals surface area (Å²) in [7, 11) is 0. The Labute approximate surface area is 116 Å². The Bertz CT molecular complexity index is 624. The highest BCUT2D eigenvalue weighted by Crippen LogP contribution is 2.14. The largest absolute Gasteiger partial charge is 0.396 e. The molecule has 2 aromatic rings. The molecule has 0 bridgehead atoms. The summed E-state index contributed by atoms with van der Waals surface area (Å²) in [6, 6.07) is 5.39. The van der Waals surface area contributed by atoms with Crippen LogP contribution in [0.2, 0.25) is 0 Å². The van der Waals surface area contributed by atoms with E-state index in [2.05, 4.69) is 4.98 Å². The molecule has 0 aliphatic carbocycles. The number of hydrogen-bond acceptors (Lipinski definition) is 4. The molecule has 19 heavy (non-hydrogen) atoms. The summed E-state index contributed by atoms with van der Waals surface area (Å²) < 4.78 is 1.55. The predicted molar refractivity (Wildman–Crippen MR) is 78.6 cm³/mol. The molecule has 2 aromatic heterocycles. The van der Waals surface area contributed by atoms with Gasteiger partial charge in [0.1, 0.15) is 5.65 Å². The van der Waals surface area contributed by atoms with Crippen LogP contribution in [-0.4, -0.2) is 26.9 Å². The number of aryl methyl sites for hydroxylation is 1. The molecule has 0 aromatic carbocycles. The van der Waals surface area contributed by atoms with Gasteiger partial charge < -0.3 is 5.11 Å². The number of nitrogens with zero attached hydrogens (tertiary/aromatic N) is 2. The SMILES string of the molecule is Cc1ccn2c(=O)cc(CSCC(C)CO)nc2c1. The number of thioether (sulfide) groups is 1. The second kappa shape index (κ2) is 6.21. The summed E-state index contributed by atoms with van der Waals surface area (Å²) in [5.74, 6) is 1.84. The molecule has 4 nitrogen and oxygen atoms in total. The minimum absolute atomic E-state index is 0.0455. The van der Waals surface area contributed by atoms with Crippen LogP contribution in [0, 0.1) is 12.8 Å². The minimum Gasteiger partial charge on any atom is -0.396 e. The standard InChI is InChI=1S/C14H18N2O2S/c1-10-3-4-16-13(5-10)15-12(6-14(16)18)9-19-8-11(2)7-17/h3-6,11,17H,7-9H2,1-2H3. The van der Waals surface area contributed by atoms with Crippen molar-refractivity contribution in [3.63, 3.8) is 0 Å². The van der Waals surface area contributed by atoms with E-state index in [0.717, 1.165) is 17.0 Å². The molecule has 0 saturated carbocycles. The Hall–Kier alpha value is -1.33. The molecule has 1 unspecified atom stereocenters. The number of aliphatic hydroxyl groups excluding tert-OH is 1. The van der Waals surface area contributed by atoms with Crippen molar-refractivity contribution in [2.75, 3.05) is 12.4 Å². The molecule has 102 valence electrons. The van der Waals surface area contributed by atoms with Crippen LogP contribution in [0.15, 0.2) is 29.2 Å². The molecule has 2 heterocycles. The van der Waals surface area contributed by atoms with E-state index in [1.165, 1.54) is 0 Å². The van der Waals surface area contributed by atoms with Gasteiger partial charge in [-0.3, -0.25) is 9.20 Å². The Balaban J connectivity index is 2.18. The van der Waals surface area contributed by atoms with E-state index in [1.807, 2.05) is 26.0 Å². The fraction of sp³-hybridized carbons (Fsp3) is 0.429. The van der Waals surface area contributed by atoms with Gasteiger partial charge in [0.2, 0.25) is 0 Å². The maximum absolute atomic E-state index is 11.9. The predicted octanol–water partition coefficient (Wildman–Crippen LogP) is 1.86. The fourth-order valence-corrected chi connectivity index (χ4v) is 2.73. The molecule has 0 spiro atoms. The molecular formula is C14H18N2O2S. The summed E-state index contributed by atoms with van der Waals surface area (Å²) in [5, 5.41) is 8.97. The van der Waals surface area contributed by atoms with E-state index in [9.17, 15) is 4.79 Å². The molecular weight excluding hydrogens is 260 g/mol. The van der Waals surface area contributed by atoms with Gasteiger partial charge in [0.15, 0.2) is 0 Å². The van der Waals surface area contributed by atoms with Crippen molar-refractivity contribution in [3.05, 3.63) is 46.0 Å². The molecule has 1 atom stereocenters. The van der Waals surface area contributed by atoms with Gasteiger partial charge in [0, 0.05) is 24.6 Å². The molecule has 0 amide bonds. The third-order valence-electron chi connectivity index (χ3n) is 2.84. The summed E-state index contributed by atoms with van der Waals surface area (Å²) in [6.07, 6.45) is 1.75. The van der Waals surface area contributed by atoms with Crippen LogP contribution >= 0.6 is 11.8 Å². The average Bonchev–Trinajstić information content (AvgIpc) is 2.38. The van der Waals surface area contributed by atoms with E-state index in [1.54, 1.807) is 28.4 Å². The first kappa shape index (κ1) is 14.1. The quantitative estimate of drug-likeness (QED) is 0.907. The van der Waals surface area contributed by atoms with Crippen molar-refractivity contribution in [2.45, 2.75) is 19.6 Å². The summed E-state index contributed by atoms with van der Waals surface area (Å²) >= 11 is 1.69. The highest BCUT2D eigenvalue weighted by Gasteiger charge is 2.05. The minimum atomic E-state index is -0.0455. The number of fused-ring (bicyclic) bond motifs is 1. The first-order chi connectivity index (χ1) is 9.10. The van der Waals surface area contributed by atoms with E-state index in [4.69, 9.17) is 5.11 Å². The zero-order valence-corrected chi connectivity index (χ0v) is 12.0. The number of rotatable bonds is 5. The maximum Gasteiger partial charge on any atom is 0.258 e. The fourth-order valence-electron chi connectivity index (χ4n) is 1.75. The van der Waals surface area contributed by atoms with Crippen molar-refractivity contribution >= 4 is 17.4 Å². The number of aromatic nitrogens is 2. The second-order valence-electron chi connectivity index (χ2n) is 4.82. The molecule has 0 radical (unpaired) electrons. The van der Waals surface area contributed by atoms with E-state index in [0.29, 0.717) is 11.4 Å². The first-order valence-corrected chi connectivity index (χ1v) is 7.43. The highest BCUT2D eigenvalue weighted by molar-refractivity contribution is 7.98. The van der Waals surface area contributed by atoms with Crippen molar-refractivity contribution in [1.82, 2.24) is 9.38 Å². The normalized spacial score (nSPS) is 12.8. The maximum atomic E-state index is 11.9. The van der Waals surface area contributed by atoms with E-state index >= 15 is 0 Å². The zero-order chi connectivity index (χ0) is 13.8. The Morgan fingerprint density at radius 1 is 1.47 bits per heavy atom. The Kier molecular flexibility index (Phi) is 4.61. The first-order valence-electron chi connectivity index (χ1n) is 6.27. The molecule has 0 saturated heterocycles. The van der Waals surface area contributed by atoms with Crippen molar-refractivity contribution < 1.29 is 5.11 Å². The Morgan fingerprint density at radius 2 is 2.26 bits per heavy atom. The summed E-state index contributed by atoms with van der Waals surface area (Å²) in [4.78, 5) is 16.4.